The lowest BCUT2D eigenvalue weighted by molar-refractivity contribution is 0.560. The Bertz CT molecular complexity index is 590. The van der Waals surface area contributed by atoms with Crippen LogP contribution in [0.5, 0.6) is 0 Å². The lowest BCUT2D eigenvalue weighted by Gasteiger charge is -2.18. The normalized spacial score (nSPS) is 12.5. The summed E-state index contributed by atoms with van der Waals surface area (Å²) in [7, 11) is 0. The average molecular weight is 408 g/mol. The van der Waals surface area contributed by atoms with Gasteiger partial charge in [0.15, 0.2) is 0 Å². The van der Waals surface area contributed by atoms with Crippen molar-refractivity contribution in [1.29, 1.82) is 0 Å². The van der Waals surface area contributed by atoms with Crippen molar-refractivity contribution in [2.45, 2.75) is 6.04 Å². The number of nitrogens with one attached hydrogen (secondary N) is 1. The molecule has 3 N–H and O–H groups in total. The Morgan fingerprint density at radius 2 is 1.74 bits per heavy atom. The molecule has 2 aromatic carbocycles. The molecule has 0 saturated heterocycles. The van der Waals surface area contributed by atoms with Crippen LogP contribution in [0.2, 0.25) is 5.02 Å². The molecule has 2 aromatic rings. The van der Waals surface area contributed by atoms with Gasteiger partial charge in [0, 0.05) is 14.5 Å². The number of hydrogen-bond donors (Lipinski definition) is 2. The zero-order valence-electron chi connectivity index (χ0n) is 9.63. The molecule has 19 heavy (non-hydrogen) atoms. The molecular weight excluding hydrogens is 398 g/mol. The molecule has 100 valence electrons. The van der Waals surface area contributed by atoms with Crippen molar-refractivity contribution < 1.29 is 4.39 Å². The van der Waals surface area contributed by atoms with Gasteiger partial charge < -0.3 is 0 Å². The van der Waals surface area contributed by atoms with Gasteiger partial charge in [-0.05, 0) is 39.7 Å². The standard InChI is InChI=1S/C13H10Br2ClFN2/c14-8-3-1-7(2-4-8)13(19-18)9-5-6-10(15)11(16)12(9)17/h1-6,13,19H,18H2. The van der Waals surface area contributed by atoms with Gasteiger partial charge in [-0.3, -0.25) is 5.84 Å². The largest absolute Gasteiger partial charge is 0.271 e. The zero-order chi connectivity index (χ0) is 14.0. The Morgan fingerprint density at radius 3 is 2.32 bits per heavy atom. The predicted octanol–water partition coefficient (Wildman–Crippen LogP) is 4.56. The van der Waals surface area contributed by atoms with Crippen molar-refractivity contribution in [2.24, 2.45) is 5.84 Å². The minimum absolute atomic E-state index is 0.0508. The molecule has 0 heterocycles. The van der Waals surface area contributed by atoms with E-state index in [1.165, 1.54) is 0 Å². The van der Waals surface area contributed by atoms with Gasteiger partial charge in [0.2, 0.25) is 0 Å². The SMILES string of the molecule is NNC(c1ccc(Br)cc1)c1ccc(Br)c(Cl)c1F. The summed E-state index contributed by atoms with van der Waals surface area (Å²) in [6, 6.07) is 10.4. The van der Waals surface area contributed by atoms with Crippen LogP contribution in [0.15, 0.2) is 45.3 Å². The quantitative estimate of drug-likeness (QED) is 0.444. The highest BCUT2D eigenvalue weighted by Gasteiger charge is 2.19. The maximum atomic E-state index is 14.2. The molecule has 0 aliphatic heterocycles. The number of hydrazine groups is 1. The van der Waals surface area contributed by atoms with E-state index in [2.05, 4.69) is 37.3 Å². The van der Waals surface area contributed by atoms with E-state index < -0.39 is 11.9 Å². The van der Waals surface area contributed by atoms with Crippen molar-refractivity contribution in [3.8, 4) is 0 Å². The molecule has 2 nitrogen and oxygen atoms in total. The van der Waals surface area contributed by atoms with Crippen molar-refractivity contribution in [1.82, 2.24) is 5.43 Å². The fourth-order valence-electron chi connectivity index (χ4n) is 1.78. The third-order valence-corrected chi connectivity index (χ3v) is 4.53. The topological polar surface area (TPSA) is 38.0 Å². The Labute approximate surface area is 132 Å². The van der Waals surface area contributed by atoms with E-state index >= 15 is 0 Å². The molecule has 0 aliphatic carbocycles. The maximum Gasteiger partial charge on any atom is 0.148 e. The third-order valence-electron chi connectivity index (χ3n) is 2.75. The lowest BCUT2D eigenvalue weighted by atomic mass is 9.99. The average Bonchev–Trinajstić information content (AvgIpc) is 2.41. The van der Waals surface area contributed by atoms with E-state index in [1.807, 2.05) is 24.3 Å². The molecular formula is C13H10Br2ClFN2. The molecule has 0 bridgehead atoms. The van der Waals surface area contributed by atoms with E-state index in [4.69, 9.17) is 17.4 Å². The summed E-state index contributed by atoms with van der Waals surface area (Å²) in [5.41, 5.74) is 3.86. The highest BCUT2D eigenvalue weighted by Crippen LogP contribution is 2.32. The third kappa shape index (κ3) is 3.17. The van der Waals surface area contributed by atoms with Crippen molar-refractivity contribution in [3.63, 3.8) is 0 Å². The summed E-state index contributed by atoms with van der Waals surface area (Å²) in [5.74, 6) is 5.06. The number of benzene rings is 2. The van der Waals surface area contributed by atoms with Crippen LogP contribution in [-0.2, 0) is 0 Å². The number of halogens is 4. The molecule has 1 unspecified atom stereocenters. The van der Waals surface area contributed by atoms with Gasteiger partial charge in [0.05, 0.1) is 11.1 Å². The van der Waals surface area contributed by atoms with Crippen LogP contribution in [0.3, 0.4) is 0 Å². The van der Waals surface area contributed by atoms with Gasteiger partial charge in [-0.15, -0.1) is 0 Å². The van der Waals surface area contributed by atoms with Crippen molar-refractivity contribution in [2.75, 3.05) is 0 Å². The first kappa shape index (κ1) is 14.9. The Balaban J connectivity index is 2.48. The van der Waals surface area contributed by atoms with E-state index in [9.17, 15) is 4.39 Å². The highest BCUT2D eigenvalue weighted by molar-refractivity contribution is 9.10. The first-order valence-corrected chi connectivity index (χ1v) is 7.36. The second-order valence-electron chi connectivity index (χ2n) is 3.92. The molecule has 0 aliphatic rings. The molecule has 0 fully saturated rings. The highest BCUT2D eigenvalue weighted by atomic mass is 79.9. The molecule has 0 spiro atoms. The van der Waals surface area contributed by atoms with Crippen LogP contribution in [0.25, 0.3) is 0 Å². The summed E-state index contributed by atoms with van der Waals surface area (Å²) in [5, 5.41) is 0.0508. The molecule has 0 aromatic heterocycles. The summed E-state index contributed by atoms with van der Waals surface area (Å²) in [4.78, 5) is 0. The first-order chi connectivity index (χ1) is 9.04. The minimum atomic E-state index is -0.484. The summed E-state index contributed by atoms with van der Waals surface area (Å²) >= 11 is 12.4. The molecule has 0 radical (unpaired) electrons. The second kappa shape index (κ2) is 6.33. The van der Waals surface area contributed by atoms with Gasteiger partial charge in [0.1, 0.15) is 5.82 Å². The molecule has 0 saturated carbocycles. The molecule has 1 atom stereocenters. The van der Waals surface area contributed by atoms with Crippen LogP contribution in [-0.4, -0.2) is 0 Å². The van der Waals surface area contributed by atoms with Crippen molar-refractivity contribution >= 4 is 43.5 Å². The number of hydrogen-bond acceptors (Lipinski definition) is 2. The summed E-state index contributed by atoms with van der Waals surface area (Å²) in [6.45, 7) is 0. The monoisotopic (exact) mass is 406 g/mol. The Morgan fingerprint density at radius 1 is 1.11 bits per heavy atom. The van der Waals surface area contributed by atoms with Gasteiger partial charge in [-0.25, -0.2) is 9.82 Å². The van der Waals surface area contributed by atoms with Gasteiger partial charge in [-0.2, -0.15) is 0 Å². The molecule has 0 amide bonds. The smallest absolute Gasteiger partial charge is 0.148 e. The van der Waals surface area contributed by atoms with Crippen LogP contribution in [0, 0.1) is 5.82 Å². The summed E-state index contributed by atoms with van der Waals surface area (Å²) in [6.07, 6.45) is 0. The van der Waals surface area contributed by atoms with Crippen molar-refractivity contribution in [3.05, 3.63) is 67.3 Å². The zero-order valence-corrected chi connectivity index (χ0v) is 13.6. The van der Waals surface area contributed by atoms with Crippen LogP contribution >= 0.6 is 43.5 Å². The van der Waals surface area contributed by atoms with E-state index in [0.29, 0.717) is 10.0 Å². The molecule has 2 rings (SSSR count). The number of rotatable bonds is 3. The van der Waals surface area contributed by atoms with Crippen LogP contribution < -0.4 is 11.3 Å². The van der Waals surface area contributed by atoms with Gasteiger partial charge in [0.25, 0.3) is 0 Å². The Kier molecular flexibility index (Phi) is 4.97. The van der Waals surface area contributed by atoms with Gasteiger partial charge in [-0.1, -0.05) is 45.7 Å². The fourth-order valence-corrected chi connectivity index (χ4v) is 2.53. The predicted molar refractivity (Wildman–Crippen MR) is 82.4 cm³/mol. The first-order valence-electron chi connectivity index (χ1n) is 5.39. The van der Waals surface area contributed by atoms with E-state index in [-0.39, 0.29) is 5.02 Å². The van der Waals surface area contributed by atoms with Crippen LogP contribution in [0.4, 0.5) is 4.39 Å². The summed E-state index contributed by atoms with van der Waals surface area (Å²) < 4.78 is 15.7. The second-order valence-corrected chi connectivity index (χ2v) is 6.06. The van der Waals surface area contributed by atoms with E-state index in [1.54, 1.807) is 12.1 Å². The van der Waals surface area contributed by atoms with E-state index in [0.717, 1.165) is 10.0 Å². The van der Waals surface area contributed by atoms with Gasteiger partial charge >= 0.3 is 0 Å². The Hall–Kier alpha value is -0.460. The molecule has 6 heteroatoms. The number of nitrogens with two attached hydrogens (primary N) is 1. The lowest BCUT2D eigenvalue weighted by Crippen LogP contribution is -2.29. The fraction of sp³-hybridized carbons (Fsp3) is 0.0769. The van der Waals surface area contributed by atoms with Crippen LogP contribution in [0.1, 0.15) is 17.2 Å². The minimum Gasteiger partial charge on any atom is -0.271 e. The maximum absolute atomic E-state index is 14.2.